The summed E-state index contributed by atoms with van der Waals surface area (Å²) in [6.45, 7) is 4.19. The summed E-state index contributed by atoms with van der Waals surface area (Å²) in [6, 6.07) is 18.5. The van der Waals surface area contributed by atoms with E-state index in [0.717, 1.165) is 28.3 Å². The number of aryl methyl sites for hydroxylation is 2. The van der Waals surface area contributed by atoms with E-state index < -0.39 is 0 Å². The zero-order valence-corrected chi connectivity index (χ0v) is 18.2. The molecule has 8 nitrogen and oxygen atoms in total. The summed E-state index contributed by atoms with van der Waals surface area (Å²) < 4.78 is 7.87. The fourth-order valence-electron chi connectivity index (χ4n) is 3.52. The van der Waals surface area contributed by atoms with Gasteiger partial charge < -0.3 is 14.5 Å². The first-order valence-corrected chi connectivity index (χ1v) is 10.5. The molecule has 33 heavy (non-hydrogen) atoms. The summed E-state index contributed by atoms with van der Waals surface area (Å²) in [6.07, 6.45) is 3.97. The molecule has 5 aromatic rings. The molecule has 2 aromatic carbocycles. The highest BCUT2D eigenvalue weighted by Crippen LogP contribution is 2.21. The fraction of sp³-hybridized carbons (Fsp3) is 0.120. The van der Waals surface area contributed by atoms with Crippen LogP contribution < -0.4 is 10.1 Å². The summed E-state index contributed by atoms with van der Waals surface area (Å²) in [5.41, 5.74) is 4.82. The van der Waals surface area contributed by atoms with E-state index in [1.165, 1.54) is 0 Å². The van der Waals surface area contributed by atoms with Gasteiger partial charge in [0, 0.05) is 29.2 Å². The number of benzene rings is 2. The normalized spacial score (nSPS) is 11.0. The maximum atomic E-state index is 12.8. The molecule has 0 radical (unpaired) electrons. The molecule has 3 aromatic heterocycles. The second-order valence-corrected chi connectivity index (χ2v) is 7.80. The highest BCUT2D eigenvalue weighted by atomic mass is 16.5. The average Bonchev–Trinajstić information content (AvgIpc) is 3.43. The molecule has 3 heterocycles. The van der Waals surface area contributed by atoms with Gasteiger partial charge in [0.15, 0.2) is 5.82 Å². The van der Waals surface area contributed by atoms with E-state index in [1.807, 2.05) is 73.1 Å². The summed E-state index contributed by atoms with van der Waals surface area (Å²) >= 11 is 0. The largest absolute Gasteiger partial charge is 0.487 e. The Morgan fingerprint density at radius 1 is 1.03 bits per heavy atom. The number of imidazole rings is 1. The molecular weight excluding hydrogens is 416 g/mol. The maximum absolute atomic E-state index is 12.8. The molecule has 0 bridgehead atoms. The molecule has 1 amide bonds. The number of ether oxygens (including phenoxy) is 1. The third kappa shape index (κ3) is 4.59. The van der Waals surface area contributed by atoms with E-state index in [-0.39, 0.29) is 5.91 Å². The van der Waals surface area contributed by atoms with Crippen LogP contribution in [0, 0.1) is 13.8 Å². The Morgan fingerprint density at radius 3 is 2.76 bits per heavy atom. The minimum atomic E-state index is -0.230. The lowest BCUT2D eigenvalue weighted by Crippen LogP contribution is -2.12. The van der Waals surface area contributed by atoms with Gasteiger partial charge in [-0.05, 0) is 55.8 Å². The second-order valence-electron chi connectivity index (χ2n) is 7.80. The van der Waals surface area contributed by atoms with Gasteiger partial charge in [0.05, 0.1) is 5.69 Å². The van der Waals surface area contributed by atoms with Crippen molar-refractivity contribution in [2.75, 3.05) is 5.32 Å². The molecular formula is C25H22N6O2. The van der Waals surface area contributed by atoms with E-state index in [9.17, 15) is 4.79 Å². The van der Waals surface area contributed by atoms with E-state index in [1.54, 1.807) is 18.2 Å². The minimum Gasteiger partial charge on any atom is -0.487 e. The number of hydrogen-bond donors (Lipinski definition) is 2. The standard InChI is InChI=1S/C25H22N6O2/c1-16-9-10-23-27-21(14-31(23)13-16)15-33-22-8-4-6-19(12-22)25(32)28-20-7-3-5-18(11-20)24-26-17(2)29-30-24/h3-14H,15H2,1-2H3,(H,28,32)(H,26,29,30). The second kappa shape index (κ2) is 8.58. The summed E-state index contributed by atoms with van der Waals surface area (Å²) in [5, 5.41) is 9.92. The minimum absolute atomic E-state index is 0.230. The molecule has 8 heteroatoms. The van der Waals surface area contributed by atoms with Crippen molar-refractivity contribution >= 4 is 17.2 Å². The van der Waals surface area contributed by atoms with Crippen molar-refractivity contribution < 1.29 is 9.53 Å². The van der Waals surface area contributed by atoms with Crippen LogP contribution in [0.1, 0.15) is 27.4 Å². The Kier molecular flexibility index (Phi) is 5.32. The highest BCUT2D eigenvalue weighted by molar-refractivity contribution is 6.04. The van der Waals surface area contributed by atoms with Gasteiger partial charge in [-0.15, -0.1) is 0 Å². The zero-order chi connectivity index (χ0) is 22.8. The first kappa shape index (κ1) is 20.4. The molecule has 0 spiro atoms. The van der Waals surface area contributed by atoms with Crippen LogP contribution in [-0.4, -0.2) is 30.5 Å². The van der Waals surface area contributed by atoms with E-state index in [2.05, 4.69) is 25.5 Å². The number of aromatic amines is 1. The van der Waals surface area contributed by atoms with Gasteiger partial charge in [-0.2, -0.15) is 5.10 Å². The Balaban J connectivity index is 1.27. The van der Waals surface area contributed by atoms with Gasteiger partial charge >= 0.3 is 0 Å². The van der Waals surface area contributed by atoms with Gasteiger partial charge in [-0.1, -0.05) is 24.3 Å². The quantitative estimate of drug-likeness (QED) is 0.405. The molecule has 0 aliphatic carbocycles. The number of pyridine rings is 1. The maximum Gasteiger partial charge on any atom is 0.255 e. The molecule has 0 atom stereocenters. The molecule has 0 saturated carbocycles. The monoisotopic (exact) mass is 438 g/mol. The molecule has 0 fully saturated rings. The van der Waals surface area contributed by atoms with Gasteiger partial charge in [0.1, 0.15) is 23.8 Å². The number of fused-ring (bicyclic) bond motifs is 1. The average molecular weight is 438 g/mol. The first-order chi connectivity index (χ1) is 16.0. The van der Waals surface area contributed by atoms with Crippen molar-refractivity contribution in [1.82, 2.24) is 24.6 Å². The molecule has 0 unspecified atom stereocenters. The van der Waals surface area contributed by atoms with Crippen LogP contribution >= 0.6 is 0 Å². The summed E-state index contributed by atoms with van der Waals surface area (Å²) in [5.74, 6) is 1.68. The third-order valence-corrected chi connectivity index (χ3v) is 5.11. The van der Waals surface area contributed by atoms with Gasteiger partial charge in [-0.3, -0.25) is 9.89 Å². The van der Waals surface area contributed by atoms with Crippen LogP contribution in [0.2, 0.25) is 0 Å². The zero-order valence-electron chi connectivity index (χ0n) is 18.2. The fourth-order valence-corrected chi connectivity index (χ4v) is 3.52. The SMILES string of the molecule is Cc1ccc2nc(COc3cccc(C(=O)Nc4cccc(-c5n[nH]c(C)n5)c4)c3)cn2c1. The van der Waals surface area contributed by atoms with Gasteiger partial charge in [-0.25, -0.2) is 9.97 Å². The molecule has 0 saturated heterocycles. The molecule has 5 rings (SSSR count). The van der Waals surface area contributed by atoms with Crippen molar-refractivity contribution in [2.24, 2.45) is 0 Å². The summed E-state index contributed by atoms with van der Waals surface area (Å²) in [7, 11) is 0. The van der Waals surface area contributed by atoms with Crippen molar-refractivity contribution in [2.45, 2.75) is 20.5 Å². The molecule has 0 aliphatic rings. The van der Waals surface area contributed by atoms with Crippen molar-refractivity contribution in [3.05, 3.63) is 95.7 Å². The third-order valence-electron chi connectivity index (χ3n) is 5.11. The van der Waals surface area contributed by atoms with Crippen molar-refractivity contribution in [3.8, 4) is 17.1 Å². The van der Waals surface area contributed by atoms with Crippen LogP contribution in [0.25, 0.3) is 17.0 Å². The van der Waals surface area contributed by atoms with Crippen LogP contribution in [0.15, 0.2) is 73.1 Å². The Bertz CT molecular complexity index is 1450. The molecule has 2 N–H and O–H groups in total. The Hall–Kier alpha value is -4.46. The lowest BCUT2D eigenvalue weighted by molar-refractivity contribution is 0.102. The van der Waals surface area contributed by atoms with Crippen molar-refractivity contribution in [3.63, 3.8) is 0 Å². The van der Waals surface area contributed by atoms with Crippen LogP contribution in [-0.2, 0) is 6.61 Å². The topological polar surface area (TPSA) is 97.2 Å². The Morgan fingerprint density at radius 2 is 1.91 bits per heavy atom. The van der Waals surface area contributed by atoms with E-state index in [4.69, 9.17) is 4.74 Å². The lowest BCUT2D eigenvalue weighted by Gasteiger charge is -2.09. The Labute approximate surface area is 190 Å². The van der Waals surface area contributed by atoms with Crippen LogP contribution in [0.3, 0.4) is 0 Å². The smallest absolute Gasteiger partial charge is 0.255 e. The number of anilines is 1. The van der Waals surface area contributed by atoms with Crippen LogP contribution in [0.5, 0.6) is 5.75 Å². The first-order valence-electron chi connectivity index (χ1n) is 10.5. The number of hydrogen-bond acceptors (Lipinski definition) is 5. The van der Waals surface area contributed by atoms with Gasteiger partial charge in [0.25, 0.3) is 5.91 Å². The number of amides is 1. The molecule has 0 aliphatic heterocycles. The van der Waals surface area contributed by atoms with E-state index in [0.29, 0.717) is 29.4 Å². The number of aromatic nitrogens is 5. The number of rotatable bonds is 6. The van der Waals surface area contributed by atoms with Crippen molar-refractivity contribution in [1.29, 1.82) is 0 Å². The number of carbonyl (C=O) groups excluding carboxylic acids is 1. The van der Waals surface area contributed by atoms with E-state index >= 15 is 0 Å². The highest BCUT2D eigenvalue weighted by Gasteiger charge is 2.10. The van der Waals surface area contributed by atoms with Gasteiger partial charge in [0.2, 0.25) is 0 Å². The molecule has 164 valence electrons. The predicted octanol–water partition coefficient (Wildman–Crippen LogP) is 4.57. The number of carbonyl (C=O) groups is 1. The predicted molar refractivity (Wildman–Crippen MR) is 125 cm³/mol. The lowest BCUT2D eigenvalue weighted by atomic mass is 10.1. The summed E-state index contributed by atoms with van der Waals surface area (Å²) in [4.78, 5) is 21.7. The number of nitrogens with zero attached hydrogens (tertiary/aromatic N) is 4. The number of nitrogens with one attached hydrogen (secondary N) is 2. The number of H-pyrrole nitrogens is 1. The van der Waals surface area contributed by atoms with Crippen LogP contribution in [0.4, 0.5) is 5.69 Å².